The molecule has 1 fully saturated rings. The molecule has 2 N–H and O–H groups in total. The maximum atomic E-state index is 13.1. The lowest BCUT2D eigenvalue weighted by Gasteiger charge is -2.11. The number of benzene rings is 1. The van der Waals surface area contributed by atoms with Crippen molar-refractivity contribution in [3.05, 3.63) is 29.6 Å². The van der Waals surface area contributed by atoms with Gasteiger partial charge in [0.25, 0.3) is 0 Å². The Balaban J connectivity index is 0.00000180. The number of carbonyl (C=O) groups is 1. The van der Waals surface area contributed by atoms with Crippen molar-refractivity contribution in [2.75, 3.05) is 11.9 Å². The summed E-state index contributed by atoms with van der Waals surface area (Å²) in [5.74, 6) is -0.370. The van der Waals surface area contributed by atoms with Crippen LogP contribution in [0.25, 0.3) is 0 Å². The Kier molecular flexibility index (Phi) is 6.25. The van der Waals surface area contributed by atoms with E-state index in [1.54, 1.807) is 6.07 Å². The first kappa shape index (κ1) is 15.9. The zero-order valence-corrected chi connectivity index (χ0v) is 11.9. The fraction of sp³-hybridized carbons (Fsp3) is 0.500. The summed E-state index contributed by atoms with van der Waals surface area (Å²) in [6.45, 7) is 2.91. The minimum Gasteiger partial charge on any atom is -0.326 e. The standard InChI is InChI=1S/C14H19FN2O.ClH/c1-10-4-5-11(15)9-13(10)17-14(18)7-6-12-3-2-8-16-12;/h4-5,9,12,16H,2-3,6-8H2,1H3,(H,17,18);1H. The third-order valence-corrected chi connectivity index (χ3v) is 3.36. The maximum Gasteiger partial charge on any atom is 0.224 e. The molecule has 1 amide bonds. The van der Waals surface area contributed by atoms with Crippen LogP contribution in [0.15, 0.2) is 18.2 Å². The molecule has 1 aliphatic heterocycles. The minimum atomic E-state index is -0.326. The van der Waals surface area contributed by atoms with E-state index in [0.717, 1.165) is 24.9 Å². The van der Waals surface area contributed by atoms with E-state index < -0.39 is 0 Å². The normalized spacial score (nSPS) is 17.9. The quantitative estimate of drug-likeness (QED) is 0.893. The van der Waals surface area contributed by atoms with Gasteiger partial charge < -0.3 is 10.6 Å². The Bertz CT molecular complexity index is 433. The van der Waals surface area contributed by atoms with Crippen molar-refractivity contribution >= 4 is 24.0 Å². The number of carbonyl (C=O) groups excluding carboxylic acids is 1. The van der Waals surface area contributed by atoms with E-state index in [4.69, 9.17) is 0 Å². The van der Waals surface area contributed by atoms with Crippen LogP contribution in [0, 0.1) is 12.7 Å². The number of rotatable bonds is 4. The molecule has 1 saturated heterocycles. The van der Waals surface area contributed by atoms with Gasteiger partial charge in [0.1, 0.15) is 5.82 Å². The first-order valence-corrected chi connectivity index (χ1v) is 6.44. The Morgan fingerprint density at radius 2 is 2.32 bits per heavy atom. The van der Waals surface area contributed by atoms with Crippen LogP contribution < -0.4 is 10.6 Å². The lowest BCUT2D eigenvalue weighted by atomic mass is 10.1. The van der Waals surface area contributed by atoms with Crippen LogP contribution in [0.4, 0.5) is 10.1 Å². The first-order valence-electron chi connectivity index (χ1n) is 6.44. The third-order valence-electron chi connectivity index (χ3n) is 3.36. The van der Waals surface area contributed by atoms with E-state index >= 15 is 0 Å². The van der Waals surface area contributed by atoms with Crippen LogP contribution in [-0.4, -0.2) is 18.5 Å². The summed E-state index contributed by atoms with van der Waals surface area (Å²) < 4.78 is 13.1. The Hall–Kier alpha value is -1.13. The van der Waals surface area contributed by atoms with Crippen LogP contribution in [0.3, 0.4) is 0 Å². The second-order valence-corrected chi connectivity index (χ2v) is 4.84. The number of amides is 1. The van der Waals surface area contributed by atoms with Crippen LogP contribution in [-0.2, 0) is 4.79 Å². The number of anilines is 1. The summed E-state index contributed by atoms with van der Waals surface area (Å²) in [5, 5.41) is 6.12. The topological polar surface area (TPSA) is 41.1 Å². The molecule has 1 heterocycles. The second-order valence-electron chi connectivity index (χ2n) is 4.84. The summed E-state index contributed by atoms with van der Waals surface area (Å²) in [6.07, 6.45) is 3.66. The molecule has 0 bridgehead atoms. The summed E-state index contributed by atoms with van der Waals surface area (Å²) in [7, 11) is 0. The molecule has 19 heavy (non-hydrogen) atoms. The molecular weight excluding hydrogens is 267 g/mol. The number of nitrogens with one attached hydrogen (secondary N) is 2. The molecule has 2 rings (SSSR count). The lowest BCUT2D eigenvalue weighted by Crippen LogP contribution is -2.23. The highest BCUT2D eigenvalue weighted by atomic mass is 35.5. The Labute approximate surface area is 119 Å². The molecule has 1 aliphatic rings. The molecule has 0 aromatic heterocycles. The Morgan fingerprint density at radius 3 is 3.00 bits per heavy atom. The van der Waals surface area contributed by atoms with Gasteiger partial charge in [-0.3, -0.25) is 4.79 Å². The molecule has 5 heteroatoms. The van der Waals surface area contributed by atoms with Gasteiger partial charge >= 0.3 is 0 Å². The molecule has 0 spiro atoms. The molecule has 1 unspecified atom stereocenters. The fourth-order valence-corrected chi connectivity index (χ4v) is 2.25. The number of aryl methyl sites for hydroxylation is 1. The first-order chi connectivity index (χ1) is 8.65. The van der Waals surface area contributed by atoms with E-state index in [0.29, 0.717) is 18.2 Å². The molecule has 106 valence electrons. The number of hydrogen-bond acceptors (Lipinski definition) is 2. The van der Waals surface area contributed by atoms with Gasteiger partial charge in [-0.1, -0.05) is 6.07 Å². The molecular formula is C14H20ClFN2O. The average Bonchev–Trinajstić information content (AvgIpc) is 2.84. The van der Waals surface area contributed by atoms with E-state index in [1.807, 2.05) is 6.92 Å². The van der Waals surface area contributed by atoms with Crippen molar-refractivity contribution < 1.29 is 9.18 Å². The van der Waals surface area contributed by atoms with Crippen molar-refractivity contribution in [2.45, 2.75) is 38.6 Å². The molecule has 0 saturated carbocycles. The zero-order chi connectivity index (χ0) is 13.0. The van der Waals surface area contributed by atoms with Gasteiger partial charge in [0.15, 0.2) is 0 Å². The average molecular weight is 287 g/mol. The van der Waals surface area contributed by atoms with Crippen molar-refractivity contribution in [1.29, 1.82) is 0 Å². The predicted molar refractivity (Wildman–Crippen MR) is 77.3 cm³/mol. The smallest absolute Gasteiger partial charge is 0.224 e. The van der Waals surface area contributed by atoms with E-state index in [1.165, 1.54) is 18.6 Å². The second kappa shape index (κ2) is 7.46. The van der Waals surface area contributed by atoms with Crippen LogP contribution in [0.1, 0.15) is 31.2 Å². The Morgan fingerprint density at radius 1 is 1.53 bits per heavy atom. The van der Waals surface area contributed by atoms with Gasteiger partial charge in [0.2, 0.25) is 5.91 Å². The van der Waals surface area contributed by atoms with E-state index in [-0.39, 0.29) is 24.1 Å². The summed E-state index contributed by atoms with van der Waals surface area (Å²) in [6, 6.07) is 4.89. The van der Waals surface area contributed by atoms with Crippen molar-refractivity contribution in [3.63, 3.8) is 0 Å². The number of halogens is 2. The highest BCUT2D eigenvalue weighted by Crippen LogP contribution is 2.17. The SMILES string of the molecule is Cc1ccc(F)cc1NC(=O)CCC1CCCN1.Cl. The van der Waals surface area contributed by atoms with Gasteiger partial charge in [0, 0.05) is 18.2 Å². The molecule has 1 aromatic rings. The minimum absolute atomic E-state index is 0. The van der Waals surface area contributed by atoms with Crippen LogP contribution in [0.5, 0.6) is 0 Å². The van der Waals surface area contributed by atoms with Crippen molar-refractivity contribution in [2.24, 2.45) is 0 Å². The monoisotopic (exact) mass is 286 g/mol. The van der Waals surface area contributed by atoms with Gasteiger partial charge in [-0.05, 0) is 50.4 Å². The maximum absolute atomic E-state index is 13.1. The molecule has 3 nitrogen and oxygen atoms in total. The van der Waals surface area contributed by atoms with E-state index in [9.17, 15) is 9.18 Å². The molecule has 1 aromatic carbocycles. The fourth-order valence-electron chi connectivity index (χ4n) is 2.25. The largest absolute Gasteiger partial charge is 0.326 e. The van der Waals surface area contributed by atoms with Gasteiger partial charge in [-0.15, -0.1) is 12.4 Å². The van der Waals surface area contributed by atoms with Crippen LogP contribution in [0.2, 0.25) is 0 Å². The lowest BCUT2D eigenvalue weighted by molar-refractivity contribution is -0.116. The van der Waals surface area contributed by atoms with Gasteiger partial charge in [-0.25, -0.2) is 4.39 Å². The molecule has 0 aliphatic carbocycles. The van der Waals surface area contributed by atoms with Gasteiger partial charge in [-0.2, -0.15) is 0 Å². The zero-order valence-electron chi connectivity index (χ0n) is 11.0. The molecule has 0 radical (unpaired) electrons. The summed E-state index contributed by atoms with van der Waals surface area (Å²) in [4.78, 5) is 11.8. The third kappa shape index (κ3) is 4.80. The van der Waals surface area contributed by atoms with Crippen LogP contribution >= 0.6 is 12.4 Å². The summed E-state index contributed by atoms with van der Waals surface area (Å²) >= 11 is 0. The predicted octanol–water partition coefficient (Wildman–Crippen LogP) is 3.03. The summed E-state index contributed by atoms with van der Waals surface area (Å²) in [5.41, 5.74) is 1.45. The van der Waals surface area contributed by atoms with Crippen molar-refractivity contribution in [3.8, 4) is 0 Å². The molecule has 1 atom stereocenters. The van der Waals surface area contributed by atoms with Gasteiger partial charge in [0.05, 0.1) is 0 Å². The highest BCUT2D eigenvalue weighted by Gasteiger charge is 2.15. The number of hydrogen-bond donors (Lipinski definition) is 2. The van der Waals surface area contributed by atoms with E-state index in [2.05, 4.69) is 10.6 Å². The highest BCUT2D eigenvalue weighted by molar-refractivity contribution is 5.91. The van der Waals surface area contributed by atoms with Crippen molar-refractivity contribution in [1.82, 2.24) is 5.32 Å².